The van der Waals surface area contributed by atoms with Crippen LogP contribution in [0, 0.1) is 13.8 Å². The summed E-state index contributed by atoms with van der Waals surface area (Å²) in [5.74, 6) is 1.18. The summed E-state index contributed by atoms with van der Waals surface area (Å²) in [7, 11) is 0. The van der Waals surface area contributed by atoms with Crippen molar-refractivity contribution in [1.82, 2.24) is 14.8 Å². The molecule has 0 spiro atoms. The van der Waals surface area contributed by atoms with E-state index >= 15 is 0 Å². The summed E-state index contributed by atoms with van der Waals surface area (Å²) in [6.07, 6.45) is 1.52. The molecule has 1 amide bonds. The third-order valence-electron chi connectivity index (χ3n) is 4.69. The van der Waals surface area contributed by atoms with Crippen molar-refractivity contribution in [3.63, 3.8) is 0 Å². The molecule has 0 aliphatic heterocycles. The molecule has 0 fully saturated rings. The Balaban J connectivity index is 1.35. The summed E-state index contributed by atoms with van der Waals surface area (Å²) in [6.45, 7) is 4.62. The number of hydrogen-bond donors (Lipinski definition) is 1. The number of nitrogens with one attached hydrogen (secondary N) is 1. The number of anilines is 1. The number of nitrogens with zero attached hydrogens (tertiary/aromatic N) is 3. The molecular weight excluding hydrogens is 451 g/mol. The number of aromatic nitrogens is 3. The number of benzene rings is 2. The monoisotopic (exact) mass is 470 g/mol. The highest BCUT2D eigenvalue weighted by atomic mass is 35.5. The quantitative estimate of drug-likeness (QED) is 0.375. The van der Waals surface area contributed by atoms with Crippen molar-refractivity contribution in [1.29, 1.82) is 0 Å². The molecule has 0 radical (unpaired) electrons. The van der Waals surface area contributed by atoms with E-state index in [2.05, 4.69) is 15.4 Å². The summed E-state index contributed by atoms with van der Waals surface area (Å²) in [5, 5.41) is 7.83. The van der Waals surface area contributed by atoms with Crippen molar-refractivity contribution >= 4 is 35.1 Å². The van der Waals surface area contributed by atoms with Gasteiger partial charge in [-0.1, -0.05) is 41.4 Å². The zero-order chi connectivity index (χ0) is 22.7. The molecule has 0 saturated heterocycles. The van der Waals surface area contributed by atoms with Crippen molar-refractivity contribution in [3.8, 4) is 5.75 Å². The standard InChI is InChI=1S/C23H20Cl2N4O3/c1-14-3-4-15(2)21(9-14)31-12-17-6-8-20(32-17)22(30)27-23-26-13-29(28-23)11-16-5-7-18(24)19(25)10-16/h3-10,13H,11-12H2,1-2H3,(H,27,28,30). The minimum absolute atomic E-state index is 0.144. The van der Waals surface area contributed by atoms with Crippen LogP contribution in [0.2, 0.25) is 10.0 Å². The summed E-state index contributed by atoms with van der Waals surface area (Å²) in [4.78, 5) is 16.6. The predicted molar refractivity (Wildman–Crippen MR) is 122 cm³/mol. The number of aryl methyl sites for hydroxylation is 2. The van der Waals surface area contributed by atoms with Gasteiger partial charge in [-0.15, -0.1) is 5.10 Å². The maximum absolute atomic E-state index is 12.5. The van der Waals surface area contributed by atoms with E-state index in [0.29, 0.717) is 22.4 Å². The van der Waals surface area contributed by atoms with Gasteiger partial charge >= 0.3 is 0 Å². The smallest absolute Gasteiger partial charge is 0.293 e. The van der Waals surface area contributed by atoms with E-state index in [4.69, 9.17) is 32.4 Å². The molecule has 0 unspecified atom stereocenters. The van der Waals surface area contributed by atoms with Crippen LogP contribution in [0.1, 0.15) is 33.0 Å². The van der Waals surface area contributed by atoms with Crippen molar-refractivity contribution in [2.75, 3.05) is 5.32 Å². The second-order valence-corrected chi connectivity index (χ2v) is 8.11. The van der Waals surface area contributed by atoms with Gasteiger partial charge in [-0.2, -0.15) is 0 Å². The molecule has 4 rings (SSSR count). The number of amides is 1. The van der Waals surface area contributed by atoms with Crippen LogP contribution in [0.5, 0.6) is 5.75 Å². The average molecular weight is 471 g/mol. The topological polar surface area (TPSA) is 82.2 Å². The fourth-order valence-corrected chi connectivity index (χ4v) is 3.33. The van der Waals surface area contributed by atoms with Crippen molar-refractivity contribution < 1.29 is 13.9 Å². The van der Waals surface area contributed by atoms with Gasteiger partial charge in [0.1, 0.15) is 24.4 Å². The normalized spacial score (nSPS) is 10.9. The van der Waals surface area contributed by atoms with Gasteiger partial charge in [-0.3, -0.25) is 10.1 Å². The molecule has 0 saturated carbocycles. The van der Waals surface area contributed by atoms with Crippen molar-refractivity contribution in [2.45, 2.75) is 27.0 Å². The lowest BCUT2D eigenvalue weighted by atomic mass is 10.1. The van der Waals surface area contributed by atoms with Gasteiger partial charge in [0, 0.05) is 0 Å². The summed E-state index contributed by atoms with van der Waals surface area (Å²) < 4.78 is 13.0. The van der Waals surface area contributed by atoms with Crippen LogP contribution in [0.25, 0.3) is 0 Å². The summed E-state index contributed by atoms with van der Waals surface area (Å²) >= 11 is 12.0. The highest BCUT2D eigenvalue weighted by Gasteiger charge is 2.14. The third kappa shape index (κ3) is 5.30. The molecule has 7 nitrogen and oxygen atoms in total. The summed E-state index contributed by atoms with van der Waals surface area (Å²) in [5.41, 5.74) is 3.04. The van der Waals surface area contributed by atoms with Crippen LogP contribution in [-0.4, -0.2) is 20.7 Å². The van der Waals surface area contributed by atoms with Crippen molar-refractivity contribution in [3.05, 3.63) is 93.1 Å². The van der Waals surface area contributed by atoms with E-state index in [9.17, 15) is 4.79 Å². The Hall–Kier alpha value is -3.29. The molecule has 1 N–H and O–H groups in total. The molecule has 2 aromatic carbocycles. The fourth-order valence-electron chi connectivity index (χ4n) is 3.01. The number of carbonyl (C=O) groups is 1. The SMILES string of the molecule is Cc1ccc(C)c(OCc2ccc(C(=O)Nc3ncn(Cc4ccc(Cl)c(Cl)c4)n3)o2)c1. The maximum Gasteiger partial charge on any atom is 0.293 e. The molecule has 2 heterocycles. The second-order valence-electron chi connectivity index (χ2n) is 7.29. The van der Waals surface area contributed by atoms with E-state index in [1.54, 1.807) is 28.9 Å². The molecule has 0 aliphatic rings. The van der Waals surface area contributed by atoms with E-state index in [1.165, 1.54) is 6.33 Å². The van der Waals surface area contributed by atoms with Gasteiger partial charge in [0.15, 0.2) is 5.76 Å². The van der Waals surface area contributed by atoms with Gasteiger partial charge in [0.25, 0.3) is 5.91 Å². The Morgan fingerprint density at radius 1 is 1.09 bits per heavy atom. The van der Waals surface area contributed by atoms with E-state index in [-0.39, 0.29) is 18.3 Å². The predicted octanol–water partition coefficient (Wildman–Crippen LogP) is 5.67. The number of hydrogen-bond acceptors (Lipinski definition) is 5. The molecule has 9 heteroatoms. The molecule has 0 atom stereocenters. The maximum atomic E-state index is 12.5. The highest BCUT2D eigenvalue weighted by Crippen LogP contribution is 2.23. The minimum atomic E-state index is -0.449. The molecule has 4 aromatic rings. The van der Waals surface area contributed by atoms with Crippen molar-refractivity contribution in [2.24, 2.45) is 0 Å². The Labute approximate surface area is 194 Å². The van der Waals surface area contributed by atoms with Gasteiger partial charge in [-0.05, 0) is 60.9 Å². The van der Waals surface area contributed by atoms with Crippen LogP contribution in [-0.2, 0) is 13.2 Å². The van der Waals surface area contributed by atoms with E-state index < -0.39 is 5.91 Å². The first-order chi connectivity index (χ1) is 15.4. The largest absolute Gasteiger partial charge is 0.485 e. The van der Waals surface area contributed by atoms with Gasteiger partial charge in [-0.25, -0.2) is 9.67 Å². The molecule has 0 aliphatic carbocycles. The molecule has 0 bridgehead atoms. The number of furan rings is 1. The molecule has 32 heavy (non-hydrogen) atoms. The summed E-state index contributed by atoms with van der Waals surface area (Å²) in [6, 6.07) is 14.6. The Morgan fingerprint density at radius 3 is 2.75 bits per heavy atom. The number of halogens is 2. The number of carbonyl (C=O) groups excluding carboxylic acids is 1. The third-order valence-corrected chi connectivity index (χ3v) is 5.43. The number of rotatable bonds is 7. The Morgan fingerprint density at radius 2 is 1.94 bits per heavy atom. The minimum Gasteiger partial charge on any atom is -0.485 e. The molecular formula is C23H20Cl2N4O3. The second kappa shape index (κ2) is 9.46. The Bertz CT molecular complexity index is 1270. The van der Waals surface area contributed by atoms with Gasteiger partial charge < -0.3 is 9.15 Å². The zero-order valence-electron chi connectivity index (χ0n) is 17.4. The highest BCUT2D eigenvalue weighted by molar-refractivity contribution is 6.42. The molecule has 164 valence electrons. The lowest BCUT2D eigenvalue weighted by Gasteiger charge is -2.08. The first-order valence-corrected chi connectivity index (χ1v) is 10.6. The van der Waals surface area contributed by atoms with Gasteiger partial charge in [0.2, 0.25) is 5.95 Å². The van der Waals surface area contributed by atoms with Crippen LogP contribution in [0.4, 0.5) is 5.95 Å². The first-order valence-electron chi connectivity index (χ1n) is 9.81. The number of ether oxygens (including phenoxy) is 1. The first kappa shape index (κ1) is 21.9. The van der Waals surface area contributed by atoms with Crippen LogP contribution >= 0.6 is 23.2 Å². The van der Waals surface area contributed by atoms with E-state index in [0.717, 1.165) is 22.4 Å². The average Bonchev–Trinajstić information content (AvgIpc) is 3.41. The van der Waals surface area contributed by atoms with Crippen LogP contribution < -0.4 is 10.1 Å². The Kier molecular flexibility index (Phi) is 6.48. The van der Waals surface area contributed by atoms with E-state index in [1.807, 2.05) is 38.1 Å². The lowest BCUT2D eigenvalue weighted by Crippen LogP contribution is -2.12. The van der Waals surface area contributed by atoms with Gasteiger partial charge in [0.05, 0.1) is 16.6 Å². The zero-order valence-corrected chi connectivity index (χ0v) is 18.9. The van der Waals surface area contributed by atoms with Crippen LogP contribution in [0.3, 0.4) is 0 Å². The van der Waals surface area contributed by atoms with Crippen LogP contribution in [0.15, 0.2) is 59.3 Å². The molecule has 2 aromatic heterocycles. The lowest BCUT2D eigenvalue weighted by molar-refractivity contribution is 0.0991. The fraction of sp³-hybridized carbons (Fsp3) is 0.174.